The van der Waals surface area contributed by atoms with Crippen molar-refractivity contribution in [2.75, 3.05) is 45.4 Å². The Hall–Kier alpha value is -1.78. The maximum atomic E-state index is 6.12. The van der Waals surface area contributed by atoms with Crippen molar-refractivity contribution in [3.63, 3.8) is 0 Å². The molecule has 2 N–H and O–H groups in total. The molecule has 2 heterocycles. The van der Waals surface area contributed by atoms with Crippen LogP contribution in [0.2, 0.25) is 5.02 Å². The average molecular weight is 546 g/mol. The number of rotatable bonds is 8. The molecule has 0 amide bonds. The van der Waals surface area contributed by atoms with Gasteiger partial charge in [-0.15, -0.1) is 24.0 Å². The minimum atomic E-state index is 0. The van der Waals surface area contributed by atoms with Crippen molar-refractivity contribution in [2.24, 2.45) is 4.99 Å². The molecule has 30 heavy (non-hydrogen) atoms. The molecule has 0 saturated carbocycles. The van der Waals surface area contributed by atoms with Gasteiger partial charge in [0.1, 0.15) is 6.61 Å². The first-order chi connectivity index (χ1) is 14.2. The number of methoxy groups -OCH3 is 1. The molecule has 0 spiro atoms. The Morgan fingerprint density at radius 3 is 2.93 bits per heavy atom. The summed E-state index contributed by atoms with van der Waals surface area (Å²) >= 11 is 6.12. The molecule has 1 fully saturated rings. The van der Waals surface area contributed by atoms with Gasteiger partial charge in [0.15, 0.2) is 5.96 Å². The fourth-order valence-electron chi connectivity index (χ4n) is 3.26. The van der Waals surface area contributed by atoms with Crippen LogP contribution in [0.5, 0.6) is 5.88 Å². The average Bonchev–Trinajstić information content (AvgIpc) is 3.21. The molecule has 1 aliphatic heterocycles. The molecule has 9 heteroatoms. The van der Waals surface area contributed by atoms with Gasteiger partial charge < -0.3 is 25.0 Å². The monoisotopic (exact) mass is 545 g/mol. The molecule has 0 aliphatic carbocycles. The van der Waals surface area contributed by atoms with Crippen LogP contribution in [0.1, 0.15) is 12.0 Å². The number of nitrogens with zero attached hydrogens (tertiary/aromatic N) is 3. The number of halogens is 2. The molecule has 0 bridgehead atoms. The summed E-state index contributed by atoms with van der Waals surface area (Å²) in [6.07, 6.45) is 2.76. The molecule has 1 aromatic heterocycles. The van der Waals surface area contributed by atoms with Crippen molar-refractivity contribution in [3.05, 3.63) is 53.2 Å². The third-order valence-electron chi connectivity index (χ3n) is 4.75. The van der Waals surface area contributed by atoms with Gasteiger partial charge in [-0.05, 0) is 30.7 Å². The molecule has 1 atom stereocenters. The lowest BCUT2D eigenvalue weighted by molar-refractivity contribution is 0.143. The van der Waals surface area contributed by atoms with Crippen LogP contribution in [0, 0.1) is 0 Å². The SMILES string of the molecule is CN=C(NCc1cccnc1OCCOC)NC1CCN(c2cccc(Cl)c2)C1.I. The molecule has 1 aliphatic rings. The van der Waals surface area contributed by atoms with E-state index in [0.29, 0.717) is 31.7 Å². The lowest BCUT2D eigenvalue weighted by Gasteiger charge is -2.21. The zero-order valence-electron chi connectivity index (χ0n) is 17.3. The van der Waals surface area contributed by atoms with Crippen molar-refractivity contribution in [1.29, 1.82) is 0 Å². The van der Waals surface area contributed by atoms with Crippen molar-refractivity contribution < 1.29 is 9.47 Å². The molecule has 7 nitrogen and oxygen atoms in total. The number of nitrogens with one attached hydrogen (secondary N) is 2. The van der Waals surface area contributed by atoms with Crippen molar-refractivity contribution in [1.82, 2.24) is 15.6 Å². The predicted molar refractivity (Wildman–Crippen MR) is 132 cm³/mol. The second-order valence-corrected chi connectivity index (χ2v) is 7.23. The van der Waals surface area contributed by atoms with Crippen LogP contribution >= 0.6 is 35.6 Å². The van der Waals surface area contributed by atoms with E-state index in [1.165, 1.54) is 0 Å². The van der Waals surface area contributed by atoms with Crippen LogP contribution in [0.4, 0.5) is 5.69 Å². The minimum Gasteiger partial charge on any atom is -0.475 e. The third-order valence-corrected chi connectivity index (χ3v) is 4.98. The van der Waals surface area contributed by atoms with Crippen LogP contribution in [0.3, 0.4) is 0 Å². The molecule has 0 radical (unpaired) electrons. The normalized spacial score (nSPS) is 16.2. The molecule has 1 unspecified atom stereocenters. The Morgan fingerprint density at radius 2 is 2.17 bits per heavy atom. The van der Waals surface area contributed by atoms with E-state index >= 15 is 0 Å². The Labute approximate surface area is 200 Å². The molecule has 1 aromatic carbocycles. The van der Waals surface area contributed by atoms with Gasteiger partial charge in [-0.25, -0.2) is 4.98 Å². The highest BCUT2D eigenvalue weighted by Gasteiger charge is 2.23. The molecular formula is C21H29ClIN5O2. The zero-order chi connectivity index (χ0) is 20.5. The highest BCUT2D eigenvalue weighted by molar-refractivity contribution is 14.0. The van der Waals surface area contributed by atoms with Crippen molar-refractivity contribution in [3.8, 4) is 5.88 Å². The first-order valence-electron chi connectivity index (χ1n) is 9.73. The van der Waals surface area contributed by atoms with E-state index in [4.69, 9.17) is 21.1 Å². The Balaban J connectivity index is 0.00000320. The maximum Gasteiger partial charge on any atom is 0.218 e. The number of ether oxygens (including phenoxy) is 2. The lowest BCUT2D eigenvalue weighted by Crippen LogP contribution is -2.44. The molecular weight excluding hydrogens is 517 g/mol. The van der Waals surface area contributed by atoms with Gasteiger partial charge >= 0.3 is 0 Å². The summed E-state index contributed by atoms with van der Waals surface area (Å²) in [6, 6.07) is 12.2. The zero-order valence-corrected chi connectivity index (χ0v) is 20.4. The smallest absolute Gasteiger partial charge is 0.218 e. The number of guanidine groups is 1. The van der Waals surface area contributed by atoms with Gasteiger partial charge in [-0.3, -0.25) is 4.99 Å². The molecule has 2 aromatic rings. The molecule has 164 valence electrons. The third kappa shape index (κ3) is 7.17. The van der Waals surface area contributed by atoms with E-state index in [0.717, 1.165) is 41.7 Å². The van der Waals surface area contributed by atoms with E-state index in [-0.39, 0.29) is 24.0 Å². The molecule has 3 rings (SSSR count). The van der Waals surface area contributed by atoms with Crippen molar-refractivity contribution in [2.45, 2.75) is 19.0 Å². The van der Waals surface area contributed by atoms with E-state index in [2.05, 4.69) is 31.6 Å². The minimum absolute atomic E-state index is 0. The van der Waals surface area contributed by atoms with Crippen LogP contribution in [-0.2, 0) is 11.3 Å². The Kier molecular flexibility index (Phi) is 10.5. The van der Waals surface area contributed by atoms with Crippen molar-refractivity contribution >= 4 is 47.2 Å². The summed E-state index contributed by atoms with van der Waals surface area (Å²) in [7, 11) is 3.43. The number of hydrogen-bond acceptors (Lipinski definition) is 5. The number of aliphatic imine (C=N–C) groups is 1. The summed E-state index contributed by atoms with van der Waals surface area (Å²) in [6.45, 7) is 3.45. The lowest BCUT2D eigenvalue weighted by atomic mass is 10.2. The largest absolute Gasteiger partial charge is 0.475 e. The number of hydrogen-bond donors (Lipinski definition) is 2. The highest BCUT2D eigenvalue weighted by Crippen LogP contribution is 2.23. The van der Waals surface area contributed by atoms with Crippen LogP contribution in [0.25, 0.3) is 0 Å². The van der Waals surface area contributed by atoms with E-state index in [1.54, 1.807) is 20.4 Å². The standard InChI is InChI=1S/C21H28ClN5O2.HI/c1-23-21(25-14-16-5-4-9-24-20(16)29-12-11-28-2)26-18-8-10-27(15-18)19-7-3-6-17(22)13-19;/h3-7,9,13,18H,8,10-12,14-15H2,1-2H3,(H2,23,25,26);1H. The first-order valence-corrected chi connectivity index (χ1v) is 10.1. The predicted octanol–water partition coefficient (Wildman–Crippen LogP) is 3.32. The maximum absolute atomic E-state index is 6.12. The van der Waals surface area contributed by atoms with Gasteiger partial charge in [0.25, 0.3) is 0 Å². The Morgan fingerprint density at radius 1 is 1.30 bits per heavy atom. The van der Waals surface area contributed by atoms with E-state index < -0.39 is 0 Å². The quantitative estimate of drug-likeness (QED) is 0.230. The van der Waals surface area contributed by atoms with Crippen LogP contribution in [-0.4, -0.2) is 57.4 Å². The first kappa shape index (κ1) is 24.5. The number of benzene rings is 1. The van der Waals surface area contributed by atoms with Gasteiger partial charge in [0, 0.05) is 62.3 Å². The second kappa shape index (κ2) is 12.8. The topological polar surface area (TPSA) is 71.0 Å². The Bertz CT molecular complexity index is 823. The van der Waals surface area contributed by atoms with Crippen LogP contribution < -0.4 is 20.3 Å². The van der Waals surface area contributed by atoms with Gasteiger partial charge in [0.05, 0.1) is 6.61 Å². The fraction of sp³-hybridized carbons (Fsp3) is 0.429. The fourth-order valence-corrected chi connectivity index (χ4v) is 3.45. The highest BCUT2D eigenvalue weighted by atomic mass is 127. The summed E-state index contributed by atoms with van der Waals surface area (Å²) < 4.78 is 10.7. The summed E-state index contributed by atoms with van der Waals surface area (Å²) in [4.78, 5) is 11.0. The number of aromatic nitrogens is 1. The summed E-state index contributed by atoms with van der Waals surface area (Å²) in [5.41, 5.74) is 2.12. The van der Waals surface area contributed by atoms with Gasteiger partial charge in [-0.1, -0.05) is 23.7 Å². The summed E-state index contributed by atoms with van der Waals surface area (Å²) in [5, 5.41) is 7.62. The van der Waals surface area contributed by atoms with Gasteiger partial charge in [-0.2, -0.15) is 0 Å². The molecule has 1 saturated heterocycles. The van der Waals surface area contributed by atoms with E-state index in [9.17, 15) is 0 Å². The second-order valence-electron chi connectivity index (χ2n) is 6.79. The van der Waals surface area contributed by atoms with Gasteiger partial charge in [0.2, 0.25) is 5.88 Å². The van der Waals surface area contributed by atoms with Crippen LogP contribution in [0.15, 0.2) is 47.6 Å². The number of anilines is 1. The summed E-state index contributed by atoms with van der Waals surface area (Å²) in [5.74, 6) is 1.37. The number of pyridine rings is 1. The van der Waals surface area contributed by atoms with E-state index in [1.807, 2.05) is 30.3 Å².